The second-order valence-electron chi connectivity index (χ2n) is 6.05. The summed E-state index contributed by atoms with van der Waals surface area (Å²) in [6, 6.07) is 14.6. The van der Waals surface area contributed by atoms with Gasteiger partial charge in [-0.3, -0.25) is 10.1 Å². The molecular weight excluding hydrogens is 272 g/mol. The standard InChI is InChI=1S/C19H22N2O/c1-4-16-19(22)21-17-10-7-13(3)11-15(17)18(20-16)14-8-5-12(2)6-9-14/h5-11,16,18,20H,4H2,1-3H3,(H,21,22). The van der Waals surface area contributed by atoms with Gasteiger partial charge in [0.05, 0.1) is 12.1 Å². The minimum Gasteiger partial charge on any atom is -0.324 e. The third-order valence-electron chi connectivity index (χ3n) is 4.28. The van der Waals surface area contributed by atoms with Gasteiger partial charge in [-0.25, -0.2) is 0 Å². The van der Waals surface area contributed by atoms with Gasteiger partial charge in [0.1, 0.15) is 0 Å². The van der Waals surface area contributed by atoms with Crippen LogP contribution in [0.2, 0.25) is 0 Å². The molecule has 3 nitrogen and oxygen atoms in total. The van der Waals surface area contributed by atoms with Gasteiger partial charge in [-0.15, -0.1) is 0 Å². The third-order valence-corrected chi connectivity index (χ3v) is 4.28. The number of amides is 1. The van der Waals surface area contributed by atoms with Crippen molar-refractivity contribution in [3.8, 4) is 0 Å². The largest absolute Gasteiger partial charge is 0.324 e. The molecule has 3 rings (SSSR count). The SMILES string of the molecule is CCC1NC(c2ccc(C)cc2)c2cc(C)ccc2NC1=O. The van der Waals surface area contributed by atoms with Crippen LogP contribution in [0.1, 0.15) is 41.6 Å². The van der Waals surface area contributed by atoms with E-state index >= 15 is 0 Å². The molecule has 1 aliphatic rings. The van der Waals surface area contributed by atoms with Crippen LogP contribution in [0, 0.1) is 13.8 Å². The van der Waals surface area contributed by atoms with E-state index in [1.807, 2.05) is 19.1 Å². The van der Waals surface area contributed by atoms with Crippen molar-refractivity contribution in [2.75, 3.05) is 5.32 Å². The molecule has 2 N–H and O–H groups in total. The second-order valence-corrected chi connectivity index (χ2v) is 6.05. The maximum atomic E-state index is 12.4. The van der Waals surface area contributed by atoms with Crippen LogP contribution in [0.4, 0.5) is 5.69 Å². The van der Waals surface area contributed by atoms with E-state index < -0.39 is 0 Å². The average molecular weight is 294 g/mol. The lowest BCUT2D eigenvalue weighted by atomic mass is 9.95. The summed E-state index contributed by atoms with van der Waals surface area (Å²) in [7, 11) is 0. The lowest BCUT2D eigenvalue weighted by Crippen LogP contribution is -2.39. The molecule has 0 radical (unpaired) electrons. The van der Waals surface area contributed by atoms with E-state index in [-0.39, 0.29) is 18.0 Å². The number of nitrogens with one attached hydrogen (secondary N) is 2. The summed E-state index contributed by atoms with van der Waals surface area (Å²) >= 11 is 0. The fourth-order valence-electron chi connectivity index (χ4n) is 2.96. The van der Waals surface area contributed by atoms with Gasteiger partial charge in [0, 0.05) is 5.69 Å². The molecule has 0 saturated heterocycles. The molecule has 2 aromatic carbocycles. The van der Waals surface area contributed by atoms with Gasteiger partial charge in [-0.05, 0) is 37.5 Å². The van der Waals surface area contributed by atoms with Crippen molar-refractivity contribution < 1.29 is 4.79 Å². The van der Waals surface area contributed by atoms with Gasteiger partial charge < -0.3 is 5.32 Å². The number of hydrogen-bond donors (Lipinski definition) is 2. The van der Waals surface area contributed by atoms with Crippen LogP contribution in [0.15, 0.2) is 42.5 Å². The monoisotopic (exact) mass is 294 g/mol. The zero-order chi connectivity index (χ0) is 15.7. The predicted molar refractivity (Wildman–Crippen MR) is 90.0 cm³/mol. The summed E-state index contributed by atoms with van der Waals surface area (Å²) in [6.45, 7) is 6.20. The molecule has 1 amide bonds. The molecule has 2 unspecified atom stereocenters. The van der Waals surface area contributed by atoms with Gasteiger partial charge in [-0.2, -0.15) is 0 Å². The van der Waals surface area contributed by atoms with Crippen LogP contribution in [0.3, 0.4) is 0 Å². The molecule has 2 atom stereocenters. The van der Waals surface area contributed by atoms with Crippen LogP contribution >= 0.6 is 0 Å². The van der Waals surface area contributed by atoms with E-state index in [1.54, 1.807) is 0 Å². The number of rotatable bonds is 2. The topological polar surface area (TPSA) is 41.1 Å². The predicted octanol–water partition coefficient (Wildman–Crippen LogP) is 3.71. The molecule has 2 aromatic rings. The Morgan fingerprint density at radius 3 is 2.36 bits per heavy atom. The Labute approximate surface area is 131 Å². The Morgan fingerprint density at radius 2 is 1.68 bits per heavy atom. The van der Waals surface area contributed by atoms with Gasteiger partial charge in [0.2, 0.25) is 5.91 Å². The number of aryl methyl sites for hydroxylation is 2. The van der Waals surface area contributed by atoms with Crippen molar-refractivity contribution >= 4 is 11.6 Å². The molecule has 0 saturated carbocycles. The average Bonchev–Trinajstić information content (AvgIpc) is 2.64. The van der Waals surface area contributed by atoms with E-state index in [2.05, 4.69) is 54.8 Å². The number of carbonyl (C=O) groups excluding carboxylic acids is 1. The fraction of sp³-hybridized carbons (Fsp3) is 0.316. The fourth-order valence-corrected chi connectivity index (χ4v) is 2.96. The van der Waals surface area contributed by atoms with Crippen LogP contribution in [0.25, 0.3) is 0 Å². The third kappa shape index (κ3) is 2.77. The van der Waals surface area contributed by atoms with Crippen molar-refractivity contribution in [3.63, 3.8) is 0 Å². The van der Waals surface area contributed by atoms with Gasteiger partial charge in [0.25, 0.3) is 0 Å². The number of fused-ring (bicyclic) bond motifs is 1. The quantitative estimate of drug-likeness (QED) is 0.886. The highest BCUT2D eigenvalue weighted by Crippen LogP contribution is 2.32. The molecule has 3 heteroatoms. The highest BCUT2D eigenvalue weighted by Gasteiger charge is 2.29. The lowest BCUT2D eigenvalue weighted by molar-refractivity contribution is -0.118. The minimum atomic E-state index is -0.181. The van der Waals surface area contributed by atoms with E-state index in [0.29, 0.717) is 0 Å². The van der Waals surface area contributed by atoms with Gasteiger partial charge >= 0.3 is 0 Å². The zero-order valence-corrected chi connectivity index (χ0v) is 13.3. The van der Waals surface area contributed by atoms with Gasteiger partial charge in [0.15, 0.2) is 0 Å². The first kappa shape index (κ1) is 14.8. The van der Waals surface area contributed by atoms with E-state index in [9.17, 15) is 4.79 Å². The summed E-state index contributed by atoms with van der Waals surface area (Å²) in [5, 5.41) is 6.58. The number of benzene rings is 2. The van der Waals surface area contributed by atoms with E-state index in [0.717, 1.165) is 17.7 Å². The molecule has 1 heterocycles. The van der Waals surface area contributed by atoms with Crippen molar-refractivity contribution in [3.05, 3.63) is 64.7 Å². The summed E-state index contributed by atoms with van der Waals surface area (Å²) in [6.07, 6.45) is 0.765. The first-order chi connectivity index (χ1) is 10.6. The molecule has 0 bridgehead atoms. The molecule has 22 heavy (non-hydrogen) atoms. The van der Waals surface area contributed by atoms with E-state index in [4.69, 9.17) is 0 Å². The van der Waals surface area contributed by atoms with Crippen molar-refractivity contribution in [1.82, 2.24) is 5.32 Å². The van der Waals surface area contributed by atoms with Crippen LogP contribution in [-0.2, 0) is 4.79 Å². The molecular formula is C19H22N2O. The highest BCUT2D eigenvalue weighted by atomic mass is 16.2. The Balaban J connectivity index is 2.11. The Bertz CT molecular complexity index is 691. The first-order valence-corrected chi connectivity index (χ1v) is 7.82. The molecule has 1 aliphatic heterocycles. The normalized spacial score (nSPS) is 21.0. The van der Waals surface area contributed by atoms with Crippen LogP contribution < -0.4 is 10.6 Å². The van der Waals surface area contributed by atoms with Gasteiger partial charge in [-0.1, -0.05) is 54.4 Å². The van der Waals surface area contributed by atoms with Crippen LogP contribution in [0.5, 0.6) is 0 Å². The van der Waals surface area contributed by atoms with Crippen molar-refractivity contribution in [1.29, 1.82) is 0 Å². The summed E-state index contributed by atoms with van der Waals surface area (Å²) in [5.74, 6) is 0.0437. The Morgan fingerprint density at radius 1 is 1.00 bits per heavy atom. The summed E-state index contributed by atoms with van der Waals surface area (Å²) in [5.41, 5.74) is 5.66. The maximum absolute atomic E-state index is 12.4. The zero-order valence-electron chi connectivity index (χ0n) is 13.3. The molecule has 0 fully saturated rings. The van der Waals surface area contributed by atoms with Crippen LogP contribution in [-0.4, -0.2) is 11.9 Å². The van der Waals surface area contributed by atoms with Crippen molar-refractivity contribution in [2.24, 2.45) is 0 Å². The summed E-state index contributed by atoms with van der Waals surface area (Å²) in [4.78, 5) is 12.4. The number of carbonyl (C=O) groups is 1. The van der Waals surface area contributed by atoms with E-state index in [1.165, 1.54) is 16.7 Å². The Hall–Kier alpha value is -2.13. The minimum absolute atomic E-state index is 0.0272. The summed E-state index contributed by atoms with van der Waals surface area (Å²) < 4.78 is 0. The lowest BCUT2D eigenvalue weighted by Gasteiger charge is -2.22. The number of anilines is 1. The molecule has 0 aliphatic carbocycles. The smallest absolute Gasteiger partial charge is 0.241 e. The van der Waals surface area contributed by atoms with Crippen molar-refractivity contribution in [2.45, 2.75) is 39.3 Å². The Kier molecular flexibility index (Phi) is 3.99. The molecule has 0 spiro atoms. The number of hydrogen-bond acceptors (Lipinski definition) is 2. The second kappa shape index (κ2) is 5.93. The first-order valence-electron chi connectivity index (χ1n) is 7.82. The highest BCUT2D eigenvalue weighted by molar-refractivity contribution is 5.96. The maximum Gasteiger partial charge on any atom is 0.241 e. The molecule has 114 valence electrons. The molecule has 0 aromatic heterocycles.